The van der Waals surface area contributed by atoms with Crippen molar-refractivity contribution in [2.24, 2.45) is 0 Å². The molecule has 4 aromatic rings. The number of phosphoric acid groups is 3. The minimum atomic E-state index is -5.48. The molecular formula is C40H53N8O28P4+. The minimum Gasteiger partial charge on any atom is -0.390 e. The summed E-state index contributed by atoms with van der Waals surface area (Å²) in [7, 11) is -19.3. The highest BCUT2D eigenvalue weighted by molar-refractivity contribution is 7.48. The Bertz CT molecular complexity index is 3650. The van der Waals surface area contributed by atoms with Crippen molar-refractivity contribution >= 4 is 31.7 Å². The molecule has 4 fully saturated rings. The van der Waals surface area contributed by atoms with Crippen molar-refractivity contribution in [3.05, 3.63) is 130 Å². The smallest absolute Gasteiger partial charge is 0.390 e. The Kier molecular flexibility index (Phi) is 18.6. The maximum absolute atomic E-state index is 13.9. The van der Waals surface area contributed by atoms with Gasteiger partial charge in [0.1, 0.15) is 74.2 Å². The fourth-order valence-corrected chi connectivity index (χ4v) is 12.0. The van der Waals surface area contributed by atoms with Crippen LogP contribution in [0.4, 0.5) is 0 Å². The summed E-state index contributed by atoms with van der Waals surface area (Å²) < 4.78 is 116. The summed E-state index contributed by atoms with van der Waals surface area (Å²) in [6.07, 6.45) is -14.8. The molecular weight excluding hydrogens is 1160 g/mol. The standard InChI is InChI=1S/C40H52N8O28P4/c1-17-9-45(37(54)41-33(17)50)29-5-21(49)25(70-29)14-67-78(60,61)75-23-7-31(47-11-19(3)35(52)43-39(47)56)72-27(23)16-69-80(64,65)76-24-8-32(48-12-20(4)36(53)44-40(48)57)73-28(24)15-68-79(62,63)74-22-6-30(71-26(22)13-66-77(58)59)46-10-18(2)34(51)42-38(46)55/h9-12,21-32,49H,5-8,13-16H2,1-4H3,(H7-,41,42,43,44,50,51,52,53,54,55,56,57,58,59,60,61,62,63,64,65)/p+1/t21-,22-,23-,24-,25+,26+,27+,28+,29+,30+,31+,32+/m0/s1. The molecule has 0 aromatic carbocycles. The fraction of sp³-hybridized carbons (Fsp3) is 0.600. The number of aromatic nitrogens is 8. The van der Waals surface area contributed by atoms with Gasteiger partial charge in [-0.1, -0.05) is 0 Å². The van der Waals surface area contributed by atoms with Crippen molar-refractivity contribution in [1.82, 2.24) is 38.2 Å². The van der Waals surface area contributed by atoms with Crippen molar-refractivity contribution in [2.75, 3.05) is 26.4 Å². The van der Waals surface area contributed by atoms with E-state index in [0.29, 0.717) is 0 Å². The van der Waals surface area contributed by atoms with Crippen molar-refractivity contribution < 1.29 is 93.6 Å². The molecule has 0 aliphatic carbocycles. The van der Waals surface area contributed by atoms with Crippen LogP contribution in [0, 0.1) is 27.7 Å². The van der Waals surface area contributed by atoms with Gasteiger partial charge < -0.3 is 38.7 Å². The molecule has 8 rings (SSSR count). The lowest BCUT2D eigenvalue weighted by molar-refractivity contribution is -0.0636. The molecule has 36 nitrogen and oxygen atoms in total. The summed E-state index contributed by atoms with van der Waals surface area (Å²) in [5, 5.41) is 10.7. The third-order valence-corrected chi connectivity index (χ3v) is 16.3. The molecule has 0 amide bonds. The number of rotatable bonds is 22. The van der Waals surface area contributed by atoms with Gasteiger partial charge in [0.15, 0.2) is 0 Å². The summed E-state index contributed by atoms with van der Waals surface area (Å²) in [4.78, 5) is 150. The van der Waals surface area contributed by atoms with Gasteiger partial charge in [-0.05, 0) is 27.7 Å². The van der Waals surface area contributed by atoms with Gasteiger partial charge in [0.25, 0.3) is 22.2 Å². The molecule has 4 aliphatic heterocycles. The highest BCUT2D eigenvalue weighted by atomic mass is 31.2. The molecule has 16 atom stereocenters. The minimum absolute atomic E-state index is 0.00740. The second-order valence-electron chi connectivity index (χ2n) is 18.7. The molecule has 0 bridgehead atoms. The maximum atomic E-state index is 13.9. The normalized spacial score (nSPS) is 29.3. The zero-order valence-corrected chi connectivity index (χ0v) is 45.7. The lowest BCUT2D eigenvalue weighted by Gasteiger charge is -2.25. The topological polar surface area (TPSA) is 490 Å². The number of aliphatic hydroxyl groups is 1. The average molecular weight is 1220 g/mol. The number of nitrogens with one attached hydrogen (secondary N) is 4. The number of phosphoric ester groups is 3. The molecule has 0 saturated carbocycles. The quantitative estimate of drug-likeness (QED) is 0.0388. The van der Waals surface area contributed by atoms with Crippen molar-refractivity contribution in [2.45, 2.75) is 127 Å². The van der Waals surface area contributed by atoms with E-state index >= 15 is 0 Å². The van der Waals surface area contributed by atoms with Crippen molar-refractivity contribution in [1.29, 1.82) is 0 Å². The van der Waals surface area contributed by atoms with Crippen LogP contribution >= 0.6 is 31.7 Å². The second-order valence-corrected chi connectivity index (χ2v) is 23.7. The number of aromatic amines is 4. The Labute approximate surface area is 446 Å². The third-order valence-electron chi connectivity index (χ3n) is 12.9. The number of aryl methyl sites for hydroxylation is 4. The number of aliphatic hydroxyl groups excluding tert-OH is 1. The highest BCUT2D eigenvalue weighted by Gasteiger charge is 2.49. The molecule has 4 saturated heterocycles. The van der Waals surface area contributed by atoms with Crippen molar-refractivity contribution in [3.63, 3.8) is 0 Å². The SMILES string of the molecule is Cc1cn([C@H]2C[C@H](OP(=O)(O)OC[C@H]3O[C@@H](n4cc(C)c(=O)[nH]c4=O)C[C@@H]3OP(=O)(O)OC[C@H]3O[C@@H](n4cc(C)c(=O)[nH]c4=O)C[C@@H]3OP(=O)(O)OC[C@H]3O[C@@H](n4cc(C)c(=O)[nH]c4=O)C[C@@H]3O)[C@@H](CO[P+](=O)O)O2)c(=O)[nH]c1=O. The molecule has 40 heteroatoms. The van der Waals surface area contributed by atoms with Gasteiger partial charge in [-0.15, -0.1) is 9.42 Å². The van der Waals surface area contributed by atoms with E-state index in [1.807, 2.05) is 0 Å². The lowest BCUT2D eigenvalue weighted by atomic mass is 10.2. The van der Waals surface area contributed by atoms with Crippen LogP contribution in [0.5, 0.6) is 0 Å². The Morgan fingerprint density at radius 1 is 0.487 bits per heavy atom. The van der Waals surface area contributed by atoms with Gasteiger partial charge in [0, 0.05) is 77.3 Å². The average Bonchev–Trinajstić information content (AvgIpc) is 4.24. The summed E-state index contributed by atoms with van der Waals surface area (Å²) in [6.45, 7) is 1.85. The van der Waals surface area contributed by atoms with Crippen LogP contribution in [0.3, 0.4) is 0 Å². The Morgan fingerprint density at radius 2 is 0.750 bits per heavy atom. The van der Waals surface area contributed by atoms with E-state index in [1.54, 1.807) is 0 Å². The van der Waals surface area contributed by atoms with Crippen LogP contribution in [-0.2, 0) is 68.9 Å². The van der Waals surface area contributed by atoms with E-state index in [9.17, 15) is 81.3 Å². The van der Waals surface area contributed by atoms with Crippen LogP contribution in [0.2, 0.25) is 0 Å². The summed E-state index contributed by atoms with van der Waals surface area (Å²) >= 11 is 0. The monoisotopic (exact) mass is 1220 g/mol. The van der Waals surface area contributed by atoms with Gasteiger partial charge in [0.05, 0.1) is 25.9 Å². The first-order valence-electron chi connectivity index (χ1n) is 23.8. The summed E-state index contributed by atoms with van der Waals surface area (Å²) in [5.74, 6) is 0. The predicted octanol–water partition coefficient (Wildman–Crippen LogP) is -1.90. The molecule has 4 aromatic heterocycles. The second kappa shape index (κ2) is 24.4. The molecule has 80 heavy (non-hydrogen) atoms. The number of nitrogens with zero attached hydrogens (tertiary/aromatic N) is 4. The van der Waals surface area contributed by atoms with Crippen LogP contribution in [0.1, 0.15) is 72.8 Å². The fourth-order valence-electron chi connectivity index (χ4n) is 8.88. The summed E-state index contributed by atoms with van der Waals surface area (Å²) in [5.41, 5.74) is -6.49. The van der Waals surface area contributed by atoms with Crippen LogP contribution in [0.15, 0.2) is 63.1 Å². The molecule has 0 spiro atoms. The molecule has 9 N–H and O–H groups in total. The van der Waals surface area contributed by atoms with E-state index in [-0.39, 0.29) is 28.7 Å². The Balaban J connectivity index is 0.972. The zero-order chi connectivity index (χ0) is 58.3. The first-order valence-corrected chi connectivity index (χ1v) is 29.4. The highest BCUT2D eigenvalue weighted by Crippen LogP contribution is 2.53. The zero-order valence-electron chi connectivity index (χ0n) is 42.1. The van der Waals surface area contributed by atoms with Crippen LogP contribution in [-0.4, -0.2) is 138 Å². The van der Waals surface area contributed by atoms with E-state index < -0.39 is 196 Å². The molecule has 4 aliphatic rings. The molecule has 8 heterocycles. The number of ether oxygens (including phenoxy) is 4. The number of H-pyrrole nitrogens is 4. The van der Waals surface area contributed by atoms with Gasteiger partial charge in [0.2, 0.25) is 0 Å². The number of hydrogen-bond donors (Lipinski definition) is 9. The largest absolute Gasteiger partial charge is 0.694 e. The predicted molar refractivity (Wildman–Crippen MR) is 262 cm³/mol. The molecule has 0 radical (unpaired) electrons. The van der Waals surface area contributed by atoms with E-state index in [0.717, 1.165) is 36.9 Å². The third kappa shape index (κ3) is 14.5. The lowest BCUT2D eigenvalue weighted by Crippen LogP contribution is -2.33. The van der Waals surface area contributed by atoms with Gasteiger partial charge in [-0.2, -0.15) is 0 Å². The first kappa shape index (κ1) is 61.0. The Morgan fingerprint density at radius 3 is 1.05 bits per heavy atom. The van der Waals surface area contributed by atoms with Gasteiger partial charge in [-0.25, -0.2) is 32.9 Å². The van der Waals surface area contributed by atoms with Gasteiger partial charge >= 0.3 is 54.5 Å². The maximum Gasteiger partial charge on any atom is 0.694 e. The van der Waals surface area contributed by atoms with Gasteiger partial charge in [-0.3, -0.25) is 84.5 Å². The van der Waals surface area contributed by atoms with E-state index in [4.69, 9.17) is 50.6 Å². The molecule has 440 valence electrons. The molecule has 4 unspecified atom stereocenters. The van der Waals surface area contributed by atoms with Crippen LogP contribution in [0.25, 0.3) is 0 Å². The van der Waals surface area contributed by atoms with E-state index in [1.165, 1.54) is 33.9 Å². The van der Waals surface area contributed by atoms with Crippen LogP contribution < -0.4 is 45.0 Å². The Hall–Kier alpha value is -5.13. The van der Waals surface area contributed by atoms with Crippen molar-refractivity contribution in [3.8, 4) is 0 Å². The summed E-state index contributed by atoms with van der Waals surface area (Å²) in [6, 6.07) is 0. The number of hydrogen-bond acceptors (Lipinski definition) is 24. The van der Waals surface area contributed by atoms with E-state index in [2.05, 4.69) is 19.9 Å². The first-order chi connectivity index (χ1) is 37.4.